The standard InChI is InChI=1S/C21H24N6S/c1-14-9-10-27(14)21-23-18-8-4-7-17(18)20(24-21)15-5-3-6-16(11-15)25-28-19-12-26(2)13-22-19/h3,5-6,11-14,25H,4,7-10H2,1-2H3/t14-/m0/s1. The smallest absolute Gasteiger partial charge is 0.226 e. The van der Waals surface area contributed by atoms with E-state index in [4.69, 9.17) is 9.97 Å². The van der Waals surface area contributed by atoms with Crippen molar-refractivity contribution in [3.8, 4) is 11.3 Å². The minimum absolute atomic E-state index is 0.537. The average Bonchev–Trinajstić information content (AvgIpc) is 3.33. The van der Waals surface area contributed by atoms with E-state index in [2.05, 4.69) is 45.8 Å². The summed E-state index contributed by atoms with van der Waals surface area (Å²) in [5, 5.41) is 0.949. The summed E-state index contributed by atoms with van der Waals surface area (Å²) >= 11 is 1.52. The van der Waals surface area contributed by atoms with Crippen molar-refractivity contribution in [2.24, 2.45) is 7.05 Å². The molecule has 1 fully saturated rings. The molecule has 1 aromatic carbocycles. The summed E-state index contributed by atoms with van der Waals surface area (Å²) in [6, 6.07) is 9.04. The maximum Gasteiger partial charge on any atom is 0.226 e. The van der Waals surface area contributed by atoms with Gasteiger partial charge in [0.25, 0.3) is 0 Å². The lowest BCUT2D eigenvalue weighted by atomic mass is 10.0. The van der Waals surface area contributed by atoms with Crippen LogP contribution in [0.1, 0.15) is 31.0 Å². The molecule has 1 aliphatic carbocycles. The summed E-state index contributed by atoms with van der Waals surface area (Å²) in [6.07, 6.45) is 8.33. The van der Waals surface area contributed by atoms with E-state index in [0.29, 0.717) is 6.04 Å². The van der Waals surface area contributed by atoms with Crippen LogP contribution < -0.4 is 9.62 Å². The fraction of sp³-hybridized carbons (Fsp3) is 0.381. The van der Waals surface area contributed by atoms with Crippen molar-refractivity contribution in [3.05, 3.63) is 48.0 Å². The SMILES string of the molecule is C[C@H]1CCN1c1nc2c(c(-c3cccc(NSc4cn(C)cn4)c3)n1)CCC2. The number of hydrogen-bond acceptors (Lipinski definition) is 6. The molecule has 0 spiro atoms. The van der Waals surface area contributed by atoms with Gasteiger partial charge in [0.1, 0.15) is 5.03 Å². The maximum absolute atomic E-state index is 5.01. The van der Waals surface area contributed by atoms with Gasteiger partial charge >= 0.3 is 0 Å². The van der Waals surface area contributed by atoms with E-state index in [1.165, 1.54) is 36.0 Å². The predicted octanol–water partition coefficient (Wildman–Crippen LogP) is 4.08. The Bertz CT molecular complexity index is 1010. The number of rotatable bonds is 5. The van der Waals surface area contributed by atoms with Gasteiger partial charge in [-0.2, -0.15) is 0 Å². The first-order chi connectivity index (χ1) is 13.7. The predicted molar refractivity (Wildman–Crippen MR) is 114 cm³/mol. The van der Waals surface area contributed by atoms with Crippen LogP contribution in [0.5, 0.6) is 0 Å². The van der Waals surface area contributed by atoms with Gasteiger partial charge < -0.3 is 14.2 Å². The van der Waals surface area contributed by atoms with Crippen molar-refractivity contribution in [1.82, 2.24) is 19.5 Å². The largest absolute Gasteiger partial charge is 0.339 e. The highest BCUT2D eigenvalue weighted by Gasteiger charge is 2.29. The van der Waals surface area contributed by atoms with E-state index >= 15 is 0 Å². The number of nitrogens with zero attached hydrogens (tertiary/aromatic N) is 5. The highest BCUT2D eigenvalue weighted by molar-refractivity contribution is 8.00. The van der Waals surface area contributed by atoms with E-state index in [-0.39, 0.29) is 0 Å². The first kappa shape index (κ1) is 17.6. The maximum atomic E-state index is 5.01. The summed E-state index contributed by atoms with van der Waals surface area (Å²) < 4.78 is 5.35. The molecule has 144 valence electrons. The minimum atomic E-state index is 0.537. The Balaban J connectivity index is 1.45. The van der Waals surface area contributed by atoms with Crippen LogP contribution in [-0.2, 0) is 19.9 Å². The number of aryl methyl sites for hydroxylation is 2. The fourth-order valence-corrected chi connectivity index (χ4v) is 4.55. The van der Waals surface area contributed by atoms with Crippen molar-refractivity contribution in [2.45, 2.75) is 43.7 Å². The molecule has 1 saturated heterocycles. The van der Waals surface area contributed by atoms with Crippen LogP contribution in [0.25, 0.3) is 11.3 Å². The average molecular weight is 393 g/mol. The van der Waals surface area contributed by atoms with Crippen LogP contribution in [0.15, 0.2) is 41.8 Å². The number of anilines is 2. The lowest BCUT2D eigenvalue weighted by Gasteiger charge is -2.39. The second kappa shape index (κ2) is 7.13. The number of benzene rings is 1. The monoisotopic (exact) mass is 392 g/mol. The van der Waals surface area contributed by atoms with E-state index in [1.54, 1.807) is 0 Å². The highest BCUT2D eigenvalue weighted by Crippen LogP contribution is 2.35. The molecule has 1 N–H and O–H groups in total. The number of aromatic nitrogens is 4. The molecule has 3 aromatic rings. The Labute approximate surface area is 169 Å². The normalized spacial score (nSPS) is 18.1. The second-order valence-corrected chi connectivity index (χ2v) is 8.47. The zero-order chi connectivity index (χ0) is 19.1. The van der Waals surface area contributed by atoms with Crippen LogP contribution in [0.2, 0.25) is 0 Å². The molecule has 1 aliphatic heterocycles. The molecule has 7 heteroatoms. The van der Waals surface area contributed by atoms with E-state index < -0.39 is 0 Å². The van der Waals surface area contributed by atoms with E-state index in [9.17, 15) is 0 Å². The first-order valence-electron chi connectivity index (χ1n) is 9.85. The molecule has 0 radical (unpaired) electrons. The van der Waals surface area contributed by atoms with Crippen LogP contribution >= 0.6 is 11.9 Å². The zero-order valence-electron chi connectivity index (χ0n) is 16.2. The van der Waals surface area contributed by atoms with Crippen LogP contribution in [0.3, 0.4) is 0 Å². The van der Waals surface area contributed by atoms with Crippen molar-refractivity contribution in [3.63, 3.8) is 0 Å². The summed E-state index contributed by atoms with van der Waals surface area (Å²) in [7, 11) is 1.98. The fourth-order valence-electron chi connectivity index (χ4n) is 3.88. The van der Waals surface area contributed by atoms with Gasteiger partial charge in [0.05, 0.1) is 12.0 Å². The first-order valence-corrected chi connectivity index (χ1v) is 10.7. The molecular weight excluding hydrogens is 368 g/mol. The van der Waals surface area contributed by atoms with Crippen molar-refractivity contribution in [1.29, 1.82) is 0 Å². The Morgan fingerprint density at radius 1 is 1.21 bits per heavy atom. The number of hydrogen-bond donors (Lipinski definition) is 1. The van der Waals surface area contributed by atoms with E-state index in [1.807, 2.05) is 24.1 Å². The third-order valence-corrected chi connectivity index (χ3v) is 6.35. The second-order valence-electron chi connectivity index (χ2n) is 7.64. The van der Waals surface area contributed by atoms with Gasteiger partial charge in [0.15, 0.2) is 0 Å². The molecule has 6 nitrogen and oxygen atoms in total. The molecule has 0 amide bonds. The van der Waals surface area contributed by atoms with Gasteiger partial charge in [0, 0.05) is 60.3 Å². The molecule has 3 heterocycles. The number of nitrogens with one attached hydrogen (secondary N) is 1. The summed E-state index contributed by atoms with van der Waals surface area (Å²) in [6.45, 7) is 3.31. The summed E-state index contributed by atoms with van der Waals surface area (Å²) in [4.78, 5) is 16.6. The zero-order valence-corrected chi connectivity index (χ0v) is 17.0. The van der Waals surface area contributed by atoms with Crippen LogP contribution in [0, 0.1) is 0 Å². The molecule has 0 bridgehead atoms. The summed E-state index contributed by atoms with van der Waals surface area (Å²) in [5.41, 5.74) is 5.87. The van der Waals surface area contributed by atoms with E-state index in [0.717, 1.165) is 47.3 Å². The number of imidazole rings is 1. The van der Waals surface area contributed by atoms with Crippen molar-refractivity contribution < 1.29 is 0 Å². The van der Waals surface area contributed by atoms with Gasteiger partial charge in [-0.3, -0.25) is 0 Å². The third kappa shape index (κ3) is 3.24. The van der Waals surface area contributed by atoms with Gasteiger partial charge in [-0.05, 0) is 44.7 Å². The van der Waals surface area contributed by atoms with Crippen LogP contribution in [-0.4, -0.2) is 32.1 Å². The van der Waals surface area contributed by atoms with Crippen molar-refractivity contribution >= 4 is 23.6 Å². The highest BCUT2D eigenvalue weighted by atomic mass is 32.2. The molecular formula is C21H24N6S. The molecule has 28 heavy (non-hydrogen) atoms. The molecule has 1 atom stereocenters. The minimum Gasteiger partial charge on any atom is -0.339 e. The van der Waals surface area contributed by atoms with Gasteiger partial charge in [-0.1, -0.05) is 12.1 Å². The Morgan fingerprint density at radius 2 is 2.14 bits per heavy atom. The Kier molecular flexibility index (Phi) is 4.47. The lowest BCUT2D eigenvalue weighted by Crippen LogP contribution is -2.46. The number of fused-ring (bicyclic) bond motifs is 1. The molecule has 5 rings (SSSR count). The van der Waals surface area contributed by atoms with Gasteiger partial charge in [-0.25, -0.2) is 15.0 Å². The Hall–Kier alpha value is -2.54. The molecule has 0 unspecified atom stereocenters. The topological polar surface area (TPSA) is 58.9 Å². The van der Waals surface area contributed by atoms with Gasteiger partial charge in [0.2, 0.25) is 5.95 Å². The Morgan fingerprint density at radius 3 is 2.89 bits per heavy atom. The lowest BCUT2D eigenvalue weighted by molar-refractivity contribution is 0.470. The van der Waals surface area contributed by atoms with Crippen molar-refractivity contribution in [2.75, 3.05) is 16.2 Å². The third-order valence-electron chi connectivity index (χ3n) is 5.59. The van der Waals surface area contributed by atoms with Gasteiger partial charge in [-0.15, -0.1) is 0 Å². The van der Waals surface area contributed by atoms with Crippen LogP contribution in [0.4, 0.5) is 11.6 Å². The quantitative estimate of drug-likeness (QED) is 0.660. The molecule has 2 aliphatic rings. The molecule has 2 aromatic heterocycles. The molecule has 0 saturated carbocycles. The summed E-state index contributed by atoms with van der Waals surface area (Å²) in [5.74, 6) is 0.899.